The first-order valence-corrected chi connectivity index (χ1v) is 8.14. The molecule has 1 aromatic heterocycles. The molecule has 0 unspecified atom stereocenters. The highest BCUT2D eigenvalue weighted by atomic mass is 32.1. The smallest absolute Gasteiger partial charge is 0.171 e. The van der Waals surface area contributed by atoms with Crippen molar-refractivity contribution in [1.29, 1.82) is 0 Å². The second-order valence-corrected chi connectivity index (χ2v) is 6.82. The number of carbonyl (C=O) groups is 1. The van der Waals surface area contributed by atoms with Crippen LogP contribution in [0.15, 0.2) is 0 Å². The molecule has 20 heavy (non-hydrogen) atoms. The van der Waals surface area contributed by atoms with Gasteiger partial charge >= 0.3 is 0 Å². The van der Waals surface area contributed by atoms with E-state index in [0.29, 0.717) is 12.0 Å². The number of ketones is 1. The van der Waals surface area contributed by atoms with Gasteiger partial charge in [-0.1, -0.05) is 0 Å². The fourth-order valence-corrected chi connectivity index (χ4v) is 4.26. The molecule has 0 aromatic carbocycles. The van der Waals surface area contributed by atoms with Crippen molar-refractivity contribution in [3.63, 3.8) is 0 Å². The Labute approximate surface area is 123 Å². The Hall–Kier alpha value is -1.07. The molecule has 2 fully saturated rings. The Balaban J connectivity index is 1.89. The van der Waals surface area contributed by atoms with E-state index in [9.17, 15) is 4.79 Å². The number of carbonyl (C=O) groups excluding carboxylic acids is 1. The van der Waals surface area contributed by atoms with Crippen molar-refractivity contribution in [2.24, 2.45) is 0 Å². The monoisotopic (exact) mass is 294 g/mol. The van der Waals surface area contributed by atoms with Gasteiger partial charge in [0.2, 0.25) is 0 Å². The van der Waals surface area contributed by atoms with E-state index >= 15 is 0 Å². The van der Waals surface area contributed by atoms with Crippen molar-refractivity contribution < 1.29 is 9.53 Å². The molecule has 110 valence electrons. The van der Waals surface area contributed by atoms with E-state index in [4.69, 9.17) is 10.5 Å². The Morgan fingerprint density at radius 1 is 1.30 bits per heavy atom. The topological polar surface area (TPSA) is 55.6 Å². The Morgan fingerprint density at radius 2 is 1.95 bits per heavy atom. The van der Waals surface area contributed by atoms with Gasteiger partial charge in [-0.05, 0) is 31.6 Å². The predicted octanol–water partition coefficient (Wildman–Crippen LogP) is 3.03. The van der Waals surface area contributed by atoms with Gasteiger partial charge in [-0.25, -0.2) is 0 Å². The van der Waals surface area contributed by atoms with Crippen molar-refractivity contribution in [3.8, 4) is 0 Å². The number of hydrogen-bond donors (Lipinski definition) is 1. The lowest BCUT2D eigenvalue weighted by atomic mass is 10.1. The molecule has 1 saturated carbocycles. The van der Waals surface area contributed by atoms with Crippen LogP contribution in [0.3, 0.4) is 0 Å². The first-order chi connectivity index (χ1) is 9.61. The number of Topliss-reactive ketones (excluding diaryl/α,β-unsaturated/α-hetero) is 1. The molecule has 1 aliphatic carbocycles. The van der Waals surface area contributed by atoms with Crippen LogP contribution in [0.1, 0.15) is 53.8 Å². The molecule has 1 aromatic rings. The van der Waals surface area contributed by atoms with E-state index in [1.807, 2.05) is 0 Å². The maximum absolute atomic E-state index is 11.7. The first-order valence-electron chi connectivity index (χ1n) is 7.32. The van der Waals surface area contributed by atoms with Crippen LogP contribution < -0.4 is 10.6 Å². The summed E-state index contributed by atoms with van der Waals surface area (Å²) in [7, 11) is 1.78. The third kappa shape index (κ3) is 2.44. The number of thiophene rings is 1. The Kier molecular flexibility index (Phi) is 3.73. The average molecular weight is 294 g/mol. The molecule has 0 amide bonds. The Bertz CT molecular complexity index is 514. The van der Waals surface area contributed by atoms with Crippen molar-refractivity contribution >= 4 is 27.8 Å². The van der Waals surface area contributed by atoms with Crippen LogP contribution in [0.5, 0.6) is 0 Å². The van der Waals surface area contributed by atoms with Crippen molar-refractivity contribution in [3.05, 3.63) is 10.4 Å². The molecule has 0 spiro atoms. The van der Waals surface area contributed by atoms with Crippen LogP contribution in [0.4, 0.5) is 10.7 Å². The quantitative estimate of drug-likeness (QED) is 0.867. The SMILES string of the molecule is COC1CCN(c2sc(C(C)=O)c(N)c2C2CC2)CC1. The van der Waals surface area contributed by atoms with Crippen molar-refractivity contribution in [2.75, 3.05) is 30.8 Å². The summed E-state index contributed by atoms with van der Waals surface area (Å²) in [5, 5.41) is 1.24. The average Bonchev–Trinajstić information content (AvgIpc) is 3.22. The lowest BCUT2D eigenvalue weighted by Crippen LogP contribution is -2.36. The fourth-order valence-electron chi connectivity index (χ4n) is 3.00. The summed E-state index contributed by atoms with van der Waals surface area (Å²) in [6, 6.07) is 0. The van der Waals surface area contributed by atoms with E-state index in [2.05, 4.69) is 4.90 Å². The van der Waals surface area contributed by atoms with Crippen molar-refractivity contribution in [2.45, 2.75) is 44.6 Å². The molecule has 1 saturated heterocycles. The summed E-state index contributed by atoms with van der Waals surface area (Å²) in [5.41, 5.74) is 8.24. The number of anilines is 2. The third-order valence-electron chi connectivity index (χ3n) is 4.33. The number of hydrogen-bond acceptors (Lipinski definition) is 5. The van der Waals surface area contributed by atoms with Crippen LogP contribution in [0.2, 0.25) is 0 Å². The van der Waals surface area contributed by atoms with Gasteiger partial charge in [0.1, 0.15) is 0 Å². The summed E-state index contributed by atoms with van der Waals surface area (Å²) in [5.74, 6) is 0.668. The molecular weight excluding hydrogens is 272 g/mol. The highest BCUT2D eigenvalue weighted by molar-refractivity contribution is 7.18. The summed E-state index contributed by atoms with van der Waals surface area (Å²) >= 11 is 1.59. The minimum atomic E-state index is 0.0902. The largest absolute Gasteiger partial charge is 0.397 e. The summed E-state index contributed by atoms with van der Waals surface area (Å²) in [6.45, 7) is 3.60. The third-order valence-corrected chi connectivity index (χ3v) is 5.71. The summed E-state index contributed by atoms with van der Waals surface area (Å²) in [4.78, 5) is 14.9. The molecule has 2 N–H and O–H groups in total. The summed E-state index contributed by atoms with van der Waals surface area (Å²) in [6.07, 6.45) is 4.89. The van der Waals surface area contributed by atoms with Crippen molar-refractivity contribution in [1.82, 2.24) is 0 Å². The normalized spacial score (nSPS) is 20.4. The number of nitrogens with zero attached hydrogens (tertiary/aromatic N) is 1. The molecule has 0 radical (unpaired) electrons. The lowest BCUT2D eigenvalue weighted by molar-refractivity contribution is 0.0820. The molecule has 5 heteroatoms. The lowest BCUT2D eigenvalue weighted by Gasteiger charge is -2.32. The maximum Gasteiger partial charge on any atom is 0.171 e. The van der Waals surface area contributed by atoms with Gasteiger partial charge in [-0.3, -0.25) is 4.79 Å². The van der Waals surface area contributed by atoms with E-state index < -0.39 is 0 Å². The molecule has 2 heterocycles. The molecule has 4 nitrogen and oxygen atoms in total. The first kappa shape index (κ1) is 13.9. The molecule has 0 atom stereocenters. The Morgan fingerprint density at radius 3 is 2.45 bits per heavy atom. The molecule has 2 aliphatic rings. The summed E-state index contributed by atoms with van der Waals surface area (Å²) < 4.78 is 5.43. The van der Waals surface area contributed by atoms with Gasteiger partial charge in [0.15, 0.2) is 5.78 Å². The van der Waals surface area contributed by atoms with E-state index in [1.165, 1.54) is 23.4 Å². The zero-order chi connectivity index (χ0) is 14.3. The number of nitrogen functional groups attached to an aromatic ring is 1. The van der Waals surface area contributed by atoms with Gasteiger partial charge in [-0.2, -0.15) is 0 Å². The standard InChI is InChI=1S/C15H22N2O2S/c1-9(18)14-13(16)12(10-3-4-10)15(20-14)17-7-5-11(19-2)6-8-17/h10-11H,3-8,16H2,1-2H3. The van der Waals surface area contributed by atoms with Gasteiger partial charge in [0.05, 0.1) is 21.7 Å². The van der Waals surface area contributed by atoms with Gasteiger partial charge < -0.3 is 15.4 Å². The number of rotatable bonds is 4. The van der Waals surface area contributed by atoms with E-state index in [-0.39, 0.29) is 5.78 Å². The second kappa shape index (κ2) is 5.37. The maximum atomic E-state index is 11.7. The molecule has 3 rings (SSSR count). The zero-order valence-electron chi connectivity index (χ0n) is 12.1. The highest BCUT2D eigenvalue weighted by Crippen LogP contribution is 2.52. The number of nitrogens with two attached hydrogens (primary N) is 1. The predicted molar refractivity (Wildman–Crippen MR) is 83.0 cm³/mol. The minimum absolute atomic E-state index is 0.0902. The van der Waals surface area contributed by atoms with E-state index in [1.54, 1.807) is 25.4 Å². The molecular formula is C15H22N2O2S. The second-order valence-electron chi connectivity index (χ2n) is 5.82. The number of methoxy groups -OCH3 is 1. The van der Waals surface area contributed by atoms with Crippen LogP contribution >= 0.6 is 11.3 Å². The van der Waals surface area contributed by atoms with Gasteiger partial charge in [-0.15, -0.1) is 11.3 Å². The fraction of sp³-hybridized carbons (Fsp3) is 0.667. The highest BCUT2D eigenvalue weighted by Gasteiger charge is 2.34. The minimum Gasteiger partial charge on any atom is -0.397 e. The molecule has 0 bridgehead atoms. The van der Waals surface area contributed by atoms with Gasteiger partial charge in [0.25, 0.3) is 0 Å². The van der Waals surface area contributed by atoms with Crippen LogP contribution in [0.25, 0.3) is 0 Å². The van der Waals surface area contributed by atoms with Crippen LogP contribution in [-0.4, -0.2) is 32.1 Å². The molecule has 1 aliphatic heterocycles. The van der Waals surface area contributed by atoms with Crippen LogP contribution in [0, 0.1) is 0 Å². The number of piperidine rings is 1. The van der Waals surface area contributed by atoms with E-state index in [0.717, 1.165) is 36.5 Å². The van der Waals surface area contributed by atoms with Gasteiger partial charge in [0, 0.05) is 32.7 Å². The number of ether oxygens (including phenoxy) is 1. The zero-order valence-corrected chi connectivity index (χ0v) is 13.0. The van der Waals surface area contributed by atoms with Crippen LogP contribution in [-0.2, 0) is 4.74 Å².